The van der Waals surface area contributed by atoms with E-state index >= 15 is 0 Å². The van der Waals surface area contributed by atoms with Gasteiger partial charge in [-0.05, 0) is 47.0 Å². The summed E-state index contributed by atoms with van der Waals surface area (Å²) in [6.45, 7) is 0. The smallest absolute Gasteiger partial charge is 0.238 e. The fourth-order valence-corrected chi connectivity index (χ4v) is 4.55. The van der Waals surface area contributed by atoms with Crippen LogP contribution in [-0.4, -0.2) is 10.9 Å². The first-order chi connectivity index (χ1) is 15.0. The number of amides is 1. The average molecular weight is 488 g/mol. The maximum Gasteiger partial charge on any atom is 0.238 e. The Kier molecular flexibility index (Phi) is 6.93. The lowest BCUT2D eigenvalue weighted by atomic mass is 9.90. The van der Waals surface area contributed by atoms with Crippen LogP contribution in [0.5, 0.6) is 0 Å². The second-order valence-electron chi connectivity index (χ2n) is 6.93. The Morgan fingerprint density at radius 2 is 1.45 bits per heavy atom. The third kappa shape index (κ3) is 5.46. The summed E-state index contributed by atoms with van der Waals surface area (Å²) < 4.78 is 0. The third-order valence-electron chi connectivity index (χ3n) is 4.78. The summed E-state index contributed by atoms with van der Waals surface area (Å²) in [4.78, 5) is 18.7. The van der Waals surface area contributed by atoms with E-state index in [1.165, 1.54) is 11.3 Å². The number of aromatic nitrogens is 1. The molecule has 3 nitrogen and oxygen atoms in total. The van der Waals surface area contributed by atoms with Crippen LogP contribution in [0.25, 0.3) is 0 Å². The molecule has 31 heavy (non-hydrogen) atoms. The van der Waals surface area contributed by atoms with Crippen LogP contribution in [0.3, 0.4) is 0 Å². The van der Waals surface area contributed by atoms with Gasteiger partial charge in [0, 0.05) is 32.6 Å². The van der Waals surface area contributed by atoms with Crippen LogP contribution in [0.4, 0.5) is 5.13 Å². The molecular weight excluding hydrogens is 471 g/mol. The molecule has 7 heteroatoms. The predicted octanol–water partition coefficient (Wildman–Crippen LogP) is 7.46. The Hall–Kier alpha value is -2.37. The largest absolute Gasteiger partial charge is 0.301 e. The highest BCUT2D eigenvalue weighted by molar-refractivity contribution is 7.15. The summed E-state index contributed by atoms with van der Waals surface area (Å²) in [6, 6.07) is 22.2. The fourth-order valence-electron chi connectivity index (χ4n) is 3.26. The fraction of sp³-hybridized carbons (Fsp3) is 0.0833. The van der Waals surface area contributed by atoms with Crippen LogP contribution in [0, 0.1) is 0 Å². The molecule has 0 aliphatic heterocycles. The SMILES string of the molecule is O=C(Nc1ncc(Cc2ccccc2Cl)s1)C(c1ccc(Cl)cc1)c1ccc(Cl)cc1. The maximum absolute atomic E-state index is 13.3. The molecule has 156 valence electrons. The molecule has 0 spiro atoms. The summed E-state index contributed by atoms with van der Waals surface area (Å²) in [7, 11) is 0. The monoisotopic (exact) mass is 486 g/mol. The number of carbonyl (C=O) groups is 1. The van der Waals surface area contributed by atoms with Crippen LogP contribution in [0.1, 0.15) is 27.5 Å². The molecule has 0 atom stereocenters. The number of rotatable bonds is 6. The first-order valence-electron chi connectivity index (χ1n) is 9.49. The Labute approximate surface area is 199 Å². The molecule has 0 aliphatic carbocycles. The zero-order chi connectivity index (χ0) is 21.8. The Morgan fingerprint density at radius 3 is 2.03 bits per heavy atom. The Morgan fingerprint density at radius 1 is 0.871 bits per heavy atom. The second kappa shape index (κ2) is 9.84. The van der Waals surface area contributed by atoms with E-state index in [1.807, 2.05) is 48.5 Å². The lowest BCUT2D eigenvalue weighted by molar-refractivity contribution is -0.116. The summed E-state index contributed by atoms with van der Waals surface area (Å²) >= 11 is 19.8. The number of hydrogen-bond acceptors (Lipinski definition) is 3. The molecule has 0 fully saturated rings. The first-order valence-corrected chi connectivity index (χ1v) is 11.4. The number of anilines is 1. The molecule has 0 radical (unpaired) electrons. The van der Waals surface area contributed by atoms with Crippen LogP contribution in [0.15, 0.2) is 79.0 Å². The number of thiazole rings is 1. The first kappa shape index (κ1) is 21.8. The summed E-state index contributed by atoms with van der Waals surface area (Å²) in [5, 5.41) is 5.44. The minimum atomic E-state index is -0.523. The molecule has 0 unspecified atom stereocenters. The van der Waals surface area contributed by atoms with E-state index < -0.39 is 5.92 Å². The standard InChI is InChI=1S/C24H17Cl3N2OS/c25-18-9-5-15(6-10-18)22(16-7-11-19(26)12-8-16)23(30)29-24-28-14-20(31-24)13-17-3-1-2-4-21(17)27/h1-12,14,22H,13H2,(H,28,29,30). The summed E-state index contributed by atoms with van der Waals surface area (Å²) in [5.41, 5.74) is 2.68. The van der Waals surface area contributed by atoms with Crippen molar-refractivity contribution in [3.05, 3.63) is 116 Å². The van der Waals surface area contributed by atoms with E-state index in [2.05, 4.69) is 10.3 Å². The van der Waals surface area contributed by atoms with Crippen molar-refractivity contribution in [1.82, 2.24) is 4.98 Å². The number of halogens is 3. The zero-order valence-electron chi connectivity index (χ0n) is 16.2. The number of carbonyl (C=O) groups excluding carboxylic acids is 1. The predicted molar refractivity (Wildman–Crippen MR) is 130 cm³/mol. The highest BCUT2D eigenvalue weighted by atomic mass is 35.5. The minimum absolute atomic E-state index is 0.178. The second-order valence-corrected chi connectivity index (χ2v) is 9.32. The molecule has 0 aliphatic rings. The van der Waals surface area contributed by atoms with Gasteiger partial charge in [0.1, 0.15) is 0 Å². The highest BCUT2D eigenvalue weighted by Crippen LogP contribution is 2.30. The van der Waals surface area contributed by atoms with E-state index in [1.54, 1.807) is 30.5 Å². The number of nitrogens with zero attached hydrogens (tertiary/aromatic N) is 1. The van der Waals surface area contributed by atoms with E-state index in [9.17, 15) is 4.79 Å². The van der Waals surface area contributed by atoms with Gasteiger partial charge in [-0.2, -0.15) is 0 Å². The van der Waals surface area contributed by atoms with Gasteiger partial charge in [-0.15, -0.1) is 11.3 Å². The minimum Gasteiger partial charge on any atom is -0.301 e. The van der Waals surface area contributed by atoms with Gasteiger partial charge in [0.05, 0.1) is 5.92 Å². The van der Waals surface area contributed by atoms with Crippen LogP contribution in [-0.2, 0) is 11.2 Å². The molecule has 1 amide bonds. The van der Waals surface area contributed by atoms with Crippen molar-refractivity contribution in [2.75, 3.05) is 5.32 Å². The van der Waals surface area contributed by atoms with E-state index in [0.29, 0.717) is 26.6 Å². The van der Waals surface area contributed by atoms with Gasteiger partial charge in [0.25, 0.3) is 0 Å². The van der Waals surface area contributed by atoms with Crippen molar-refractivity contribution in [2.45, 2.75) is 12.3 Å². The van der Waals surface area contributed by atoms with Gasteiger partial charge >= 0.3 is 0 Å². The van der Waals surface area contributed by atoms with Gasteiger partial charge in [-0.25, -0.2) is 4.98 Å². The molecule has 0 saturated carbocycles. The van der Waals surface area contributed by atoms with E-state index in [0.717, 1.165) is 21.6 Å². The van der Waals surface area contributed by atoms with Crippen molar-refractivity contribution in [1.29, 1.82) is 0 Å². The number of hydrogen-bond donors (Lipinski definition) is 1. The third-order valence-corrected chi connectivity index (χ3v) is 6.56. The highest BCUT2D eigenvalue weighted by Gasteiger charge is 2.24. The number of nitrogens with one attached hydrogen (secondary N) is 1. The van der Waals surface area contributed by atoms with Crippen molar-refractivity contribution >= 4 is 57.2 Å². The van der Waals surface area contributed by atoms with E-state index in [-0.39, 0.29) is 5.91 Å². The summed E-state index contributed by atoms with van der Waals surface area (Å²) in [6.07, 6.45) is 2.42. The zero-order valence-corrected chi connectivity index (χ0v) is 19.3. The van der Waals surface area contributed by atoms with Crippen LogP contribution >= 0.6 is 46.1 Å². The van der Waals surface area contributed by atoms with Gasteiger partial charge < -0.3 is 5.32 Å². The number of benzene rings is 3. The molecule has 1 heterocycles. The molecule has 3 aromatic carbocycles. The molecule has 1 aromatic heterocycles. The topological polar surface area (TPSA) is 42.0 Å². The quantitative estimate of drug-likeness (QED) is 0.306. The lowest BCUT2D eigenvalue weighted by Crippen LogP contribution is -2.22. The lowest BCUT2D eigenvalue weighted by Gasteiger charge is -2.17. The van der Waals surface area contributed by atoms with Gasteiger partial charge in [0.2, 0.25) is 5.91 Å². The van der Waals surface area contributed by atoms with Gasteiger partial charge in [0.15, 0.2) is 5.13 Å². The molecule has 4 rings (SSSR count). The molecule has 1 N–H and O–H groups in total. The van der Waals surface area contributed by atoms with Crippen molar-refractivity contribution in [2.24, 2.45) is 0 Å². The average Bonchev–Trinajstić information content (AvgIpc) is 3.19. The molecule has 0 bridgehead atoms. The van der Waals surface area contributed by atoms with E-state index in [4.69, 9.17) is 34.8 Å². The molecule has 4 aromatic rings. The van der Waals surface area contributed by atoms with Gasteiger partial charge in [-0.1, -0.05) is 77.3 Å². The Balaban J connectivity index is 1.56. The maximum atomic E-state index is 13.3. The summed E-state index contributed by atoms with van der Waals surface area (Å²) in [5.74, 6) is -0.700. The molecular formula is C24H17Cl3N2OS. The normalized spacial score (nSPS) is 11.0. The molecule has 0 saturated heterocycles. The Bertz CT molecular complexity index is 1140. The van der Waals surface area contributed by atoms with Crippen LogP contribution in [0.2, 0.25) is 15.1 Å². The van der Waals surface area contributed by atoms with Crippen molar-refractivity contribution in [3.8, 4) is 0 Å². The van der Waals surface area contributed by atoms with Crippen molar-refractivity contribution in [3.63, 3.8) is 0 Å². The van der Waals surface area contributed by atoms with Gasteiger partial charge in [-0.3, -0.25) is 4.79 Å². The van der Waals surface area contributed by atoms with Crippen molar-refractivity contribution < 1.29 is 4.79 Å². The van der Waals surface area contributed by atoms with Crippen LogP contribution < -0.4 is 5.32 Å².